The highest BCUT2D eigenvalue weighted by Gasteiger charge is 2.16. The second-order valence-electron chi connectivity index (χ2n) is 1.86. The SMILES string of the molecule is O=S1(=O)CCCC1.[B]. The normalized spacial score (nSPS) is 24.5. The quantitative estimate of drug-likeness (QED) is 0.427. The fraction of sp³-hybridized carbons (Fsp3) is 1.00. The Morgan fingerprint density at radius 2 is 1.38 bits per heavy atom. The van der Waals surface area contributed by atoms with E-state index >= 15 is 0 Å². The summed E-state index contributed by atoms with van der Waals surface area (Å²) < 4.78 is 20.9. The second kappa shape index (κ2) is 2.53. The van der Waals surface area contributed by atoms with Gasteiger partial charge in [-0.2, -0.15) is 0 Å². The van der Waals surface area contributed by atoms with Gasteiger partial charge in [-0.3, -0.25) is 0 Å². The molecule has 0 amide bonds. The van der Waals surface area contributed by atoms with E-state index in [9.17, 15) is 8.42 Å². The van der Waals surface area contributed by atoms with Gasteiger partial charge < -0.3 is 0 Å². The lowest BCUT2D eigenvalue weighted by Gasteiger charge is -1.81. The average Bonchev–Trinajstić information content (AvgIpc) is 1.84. The van der Waals surface area contributed by atoms with Gasteiger partial charge in [-0.05, 0) is 12.8 Å². The molecule has 0 N–H and O–H groups in total. The Kier molecular flexibility index (Phi) is 2.54. The summed E-state index contributed by atoms with van der Waals surface area (Å²) in [5, 5.41) is 0. The van der Waals surface area contributed by atoms with Crippen molar-refractivity contribution in [2.24, 2.45) is 0 Å². The van der Waals surface area contributed by atoms with Gasteiger partial charge in [0.1, 0.15) is 9.84 Å². The van der Waals surface area contributed by atoms with E-state index < -0.39 is 9.84 Å². The zero-order chi connectivity index (χ0) is 5.33. The highest BCUT2D eigenvalue weighted by molar-refractivity contribution is 7.91. The lowest BCUT2D eigenvalue weighted by molar-refractivity contribution is 0.602. The van der Waals surface area contributed by atoms with Crippen LogP contribution in [0.15, 0.2) is 0 Å². The minimum Gasteiger partial charge on any atom is -0.229 e. The summed E-state index contributed by atoms with van der Waals surface area (Å²) in [5.41, 5.74) is 0. The topological polar surface area (TPSA) is 34.1 Å². The van der Waals surface area contributed by atoms with Crippen molar-refractivity contribution >= 4 is 18.3 Å². The minimum atomic E-state index is -2.55. The summed E-state index contributed by atoms with van der Waals surface area (Å²) in [6.45, 7) is 0. The minimum absolute atomic E-state index is 0. The first-order valence-electron chi connectivity index (χ1n) is 2.41. The molecule has 0 bridgehead atoms. The maximum absolute atomic E-state index is 10.4. The summed E-state index contributed by atoms with van der Waals surface area (Å²) in [7, 11) is -2.55. The van der Waals surface area contributed by atoms with Crippen LogP contribution in [0.3, 0.4) is 0 Å². The molecule has 1 fully saturated rings. The Morgan fingerprint density at radius 1 is 1.00 bits per heavy atom. The van der Waals surface area contributed by atoms with Crippen molar-refractivity contribution in [1.29, 1.82) is 0 Å². The van der Waals surface area contributed by atoms with Crippen LogP contribution < -0.4 is 0 Å². The zero-order valence-corrected chi connectivity index (χ0v) is 5.45. The first-order chi connectivity index (χ1) is 3.21. The largest absolute Gasteiger partial charge is 0.229 e. The molecule has 3 radical (unpaired) electrons. The van der Waals surface area contributed by atoms with Crippen molar-refractivity contribution in [3.63, 3.8) is 0 Å². The van der Waals surface area contributed by atoms with E-state index in [-0.39, 0.29) is 8.41 Å². The van der Waals surface area contributed by atoms with Crippen LogP contribution in [0.4, 0.5) is 0 Å². The van der Waals surface area contributed by atoms with E-state index in [1.54, 1.807) is 0 Å². The number of rotatable bonds is 0. The Morgan fingerprint density at radius 3 is 1.50 bits per heavy atom. The fourth-order valence-electron chi connectivity index (χ4n) is 0.746. The van der Waals surface area contributed by atoms with Gasteiger partial charge in [0, 0.05) is 8.41 Å². The summed E-state index contributed by atoms with van der Waals surface area (Å²) in [6, 6.07) is 0. The Hall–Kier alpha value is 0.0149. The first-order valence-corrected chi connectivity index (χ1v) is 4.23. The van der Waals surface area contributed by atoms with Crippen LogP contribution in [0.2, 0.25) is 0 Å². The molecule has 1 rings (SSSR count). The average molecular weight is 131 g/mol. The van der Waals surface area contributed by atoms with E-state index in [2.05, 4.69) is 0 Å². The predicted molar refractivity (Wildman–Crippen MR) is 33.6 cm³/mol. The third-order valence-electron chi connectivity index (χ3n) is 1.16. The Balaban J connectivity index is 0.000000490. The van der Waals surface area contributed by atoms with Gasteiger partial charge in [0.05, 0.1) is 11.5 Å². The molecule has 0 atom stereocenters. The van der Waals surface area contributed by atoms with Crippen molar-refractivity contribution < 1.29 is 8.42 Å². The van der Waals surface area contributed by atoms with Crippen molar-refractivity contribution in [3.05, 3.63) is 0 Å². The molecular weight excluding hydrogens is 123 g/mol. The summed E-state index contributed by atoms with van der Waals surface area (Å²) >= 11 is 0. The van der Waals surface area contributed by atoms with Crippen LogP contribution >= 0.6 is 0 Å². The molecule has 45 valence electrons. The number of sulfone groups is 1. The van der Waals surface area contributed by atoms with E-state index in [4.69, 9.17) is 0 Å². The molecule has 0 saturated carbocycles. The molecule has 0 aromatic heterocycles. The number of hydrogen-bond donors (Lipinski definition) is 0. The standard InChI is InChI=1S/C4H8O2S.B/c5-7(6)3-1-2-4-7;/h1-4H2;. The van der Waals surface area contributed by atoms with Crippen LogP contribution in [0.1, 0.15) is 12.8 Å². The second-order valence-corrected chi connectivity index (χ2v) is 4.16. The maximum atomic E-state index is 10.4. The van der Waals surface area contributed by atoms with Crippen molar-refractivity contribution in [2.45, 2.75) is 12.8 Å². The lowest BCUT2D eigenvalue weighted by atomic mass is 10.4. The molecule has 1 aliphatic rings. The third-order valence-corrected chi connectivity index (χ3v) is 2.98. The van der Waals surface area contributed by atoms with Gasteiger partial charge >= 0.3 is 0 Å². The van der Waals surface area contributed by atoms with Crippen LogP contribution in [0.5, 0.6) is 0 Å². The van der Waals surface area contributed by atoms with Gasteiger partial charge in [0.25, 0.3) is 0 Å². The molecule has 2 nitrogen and oxygen atoms in total. The fourth-order valence-corrected chi connectivity index (χ4v) is 2.24. The summed E-state index contributed by atoms with van der Waals surface area (Å²) in [6.07, 6.45) is 1.75. The molecule has 1 aliphatic heterocycles. The zero-order valence-electron chi connectivity index (χ0n) is 4.63. The van der Waals surface area contributed by atoms with Crippen LogP contribution in [-0.4, -0.2) is 28.3 Å². The van der Waals surface area contributed by atoms with Crippen molar-refractivity contribution in [2.75, 3.05) is 11.5 Å². The van der Waals surface area contributed by atoms with E-state index in [0.29, 0.717) is 11.5 Å². The first kappa shape index (κ1) is 8.01. The predicted octanol–water partition coefficient (Wildman–Crippen LogP) is -0.186. The van der Waals surface area contributed by atoms with Gasteiger partial charge in [-0.15, -0.1) is 0 Å². The highest BCUT2D eigenvalue weighted by atomic mass is 32.2. The van der Waals surface area contributed by atoms with E-state index in [1.807, 2.05) is 0 Å². The molecule has 4 heteroatoms. The molecule has 8 heavy (non-hydrogen) atoms. The molecule has 0 aliphatic carbocycles. The molecule has 1 heterocycles. The van der Waals surface area contributed by atoms with Gasteiger partial charge in [-0.25, -0.2) is 8.42 Å². The smallest absolute Gasteiger partial charge is 0.150 e. The van der Waals surface area contributed by atoms with Crippen molar-refractivity contribution in [1.82, 2.24) is 0 Å². The molecule has 1 saturated heterocycles. The molecule has 0 aromatic rings. The van der Waals surface area contributed by atoms with Crippen LogP contribution in [0.25, 0.3) is 0 Å². The monoisotopic (exact) mass is 131 g/mol. The summed E-state index contributed by atoms with van der Waals surface area (Å²) in [4.78, 5) is 0. The third kappa shape index (κ3) is 1.86. The van der Waals surface area contributed by atoms with E-state index in [1.165, 1.54) is 0 Å². The molecule has 0 spiro atoms. The van der Waals surface area contributed by atoms with Gasteiger partial charge in [-0.1, -0.05) is 0 Å². The van der Waals surface area contributed by atoms with Gasteiger partial charge in [0.2, 0.25) is 0 Å². The Labute approximate surface area is 51.8 Å². The Bertz CT molecular complexity index is 137. The van der Waals surface area contributed by atoms with Gasteiger partial charge in [0.15, 0.2) is 0 Å². The maximum Gasteiger partial charge on any atom is 0.150 e. The molecule has 0 unspecified atom stereocenters. The number of hydrogen-bond acceptors (Lipinski definition) is 2. The molecular formula is C4H8BO2S. The van der Waals surface area contributed by atoms with Crippen molar-refractivity contribution in [3.8, 4) is 0 Å². The van der Waals surface area contributed by atoms with Crippen LogP contribution in [0, 0.1) is 0 Å². The lowest BCUT2D eigenvalue weighted by Crippen LogP contribution is -1.98. The summed E-state index contributed by atoms with van der Waals surface area (Å²) in [5.74, 6) is 0.847. The van der Waals surface area contributed by atoms with E-state index in [0.717, 1.165) is 12.8 Å². The van der Waals surface area contributed by atoms with Crippen LogP contribution in [-0.2, 0) is 9.84 Å². The highest BCUT2D eigenvalue weighted by Crippen LogP contribution is 2.08. The molecule has 0 aromatic carbocycles.